The molecule has 0 aliphatic carbocycles. The van der Waals surface area contributed by atoms with Crippen LogP contribution in [0.2, 0.25) is 0 Å². The number of esters is 1. The SMILES string of the molecule is CCC(C)NC(=O)N1CCN(c2ccc(C(=O)OC)cc2)CC1. The summed E-state index contributed by atoms with van der Waals surface area (Å²) in [4.78, 5) is 27.6. The monoisotopic (exact) mass is 319 g/mol. The third kappa shape index (κ3) is 4.37. The number of ether oxygens (including phenoxy) is 1. The number of carbonyl (C=O) groups is 2. The lowest BCUT2D eigenvalue weighted by Crippen LogP contribution is -2.53. The largest absolute Gasteiger partial charge is 0.465 e. The fourth-order valence-electron chi connectivity index (χ4n) is 2.50. The average Bonchev–Trinajstić information content (AvgIpc) is 2.61. The van der Waals surface area contributed by atoms with Crippen molar-refractivity contribution in [3.8, 4) is 0 Å². The summed E-state index contributed by atoms with van der Waals surface area (Å²) in [5.74, 6) is -0.330. The van der Waals surface area contributed by atoms with Crippen molar-refractivity contribution < 1.29 is 14.3 Å². The van der Waals surface area contributed by atoms with E-state index in [9.17, 15) is 9.59 Å². The molecule has 2 amide bonds. The van der Waals surface area contributed by atoms with Crippen LogP contribution in [0.3, 0.4) is 0 Å². The molecule has 6 heteroatoms. The molecule has 2 rings (SSSR count). The minimum absolute atomic E-state index is 0.0139. The third-order valence-corrected chi connectivity index (χ3v) is 4.20. The second kappa shape index (κ2) is 7.85. The van der Waals surface area contributed by atoms with Gasteiger partial charge >= 0.3 is 12.0 Å². The lowest BCUT2D eigenvalue weighted by atomic mass is 10.2. The Morgan fingerprint density at radius 3 is 2.30 bits per heavy atom. The molecule has 1 N–H and O–H groups in total. The Kier molecular flexibility index (Phi) is 5.84. The summed E-state index contributed by atoms with van der Waals surface area (Å²) in [6, 6.07) is 7.58. The second-order valence-electron chi connectivity index (χ2n) is 5.77. The lowest BCUT2D eigenvalue weighted by molar-refractivity contribution is 0.0600. The molecule has 0 saturated carbocycles. The van der Waals surface area contributed by atoms with Crippen molar-refractivity contribution in [3.05, 3.63) is 29.8 Å². The molecule has 1 aromatic carbocycles. The number of methoxy groups -OCH3 is 1. The minimum Gasteiger partial charge on any atom is -0.465 e. The van der Waals surface area contributed by atoms with Crippen molar-refractivity contribution in [2.45, 2.75) is 26.3 Å². The van der Waals surface area contributed by atoms with E-state index in [-0.39, 0.29) is 18.0 Å². The Balaban J connectivity index is 1.89. The van der Waals surface area contributed by atoms with E-state index in [1.54, 1.807) is 12.1 Å². The summed E-state index contributed by atoms with van der Waals surface area (Å²) in [6.07, 6.45) is 0.929. The Morgan fingerprint density at radius 2 is 1.78 bits per heavy atom. The molecule has 1 unspecified atom stereocenters. The number of nitrogens with one attached hydrogen (secondary N) is 1. The van der Waals surface area contributed by atoms with Crippen LogP contribution in [0.15, 0.2) is 24.3 Å². The molecule has 1 fully saturated rings. The fourth-order valence-corrected chi connectivity index (χ4v) is 2.50. The topological polar surface area (TPSA) is 61.9 Å². The summed E-state index contributed by atoms with van der Waals surface area (Å²) < 4.78 is 4.70. The van der Waals surface area contributed by atoms with E-state index in [0.29, 0.717) is 18.7 Å². The van der Waals surface area contributed by atoms with Gasteiger partial charge in [0.05, 0.1) is 12.7 Å². The van der Waals surface area contributed by atoms with Gasteiger partial charge in [0.25, 0.3) is 0 Å². The summed E-state index contributed by atoms with van der Waals surface area (Å²) in [7, 11) is 1.37. The van der Waals surface area contributed by atoms with Gasteiger partial charge in [-0.2, -0.15) is 0 Å². The van der Waals surface area contributed by atoms with Crippen molar-refractivity contribution in [2.24, 2.45) is 0 Å². The van der Waals surface area contributed by atoms with Crippen LogP contribution >= 0.6 is 0 Å². The van der Waals surface area contributed by atoms with Crippen LogP contribution in [0.1, 0.15) is 30.6 Å². The van der Waals surface area contributed by atoms with E-state index >= 15 is 0 Å². The van der Waals surface area contributed by atoms with Gasteiger partial charge in [-0.25, -0.2) is 9.59 Å². The maximum Gasteiger partial charge on any atom is 0.337 e. The molecule has 0 spiro atoms. The molecule has 0 bridgehead atoms. The Hall–Kier alpha value is -2.24. The van der Waals surface area contributed by atoms with Gasteiger partial charge in [-0.3, -0.25) is 0 Å². The van der Waals surface area contributed by atoms with Gasteiger partial charge in [-0.15, -0.1) is 0 Å². The highest BCUT2D eigenvalue weighted by atomic mass is 16.5. The van der Waals surface area contributed by atoms with Gasteiger partial charge < -0.3 is 19.9 Å². The highest BCUT2D eigenvalue weighted by molar-refractivity contribution is 5.89. The quantitative estimate of drug-likeness (QED) is 0.864. The third-order valence-electron chi connectivity index (χ3n) is 4.20. The smallest absolute Gasteiger partial charge is 0.337 e. The lowest BCUT2D eigenvalue weighted by Gasteiger charge is -2.36. The van der Waals surface area contributed by atoms with Crippen molar-refractivity contribution in [2.75, 3.05) is 38.2 Å². The first-order valence-electron chi connectivity index (χ1n) is 8.04. The van der Waals surface area contributed by atoms with Gasteiger partial charge in [0, 0.05) is 37.9 Å². The second-order valence-corrected chi connectivity index (χ2v) is 5.77. The normalized spacial score (nSPS) is 16.0. The fraction of sp³-hybridized carbons (Fsp3) is 0.529. The molecular formula is C17H25N3O3. The van der Waals surface area contributed by atoms with E-state index in [0.717, 1.165) is 25.2 Å². The van der Waals surface area contributed by atoms with Gasteiger partial charge in [0.2, 0.25) is 0 Å². The molecular weight excluding hydrogens is 294 g/mol. The molecule has 23 heavy (non-hydrogen) atoms. The number of rotatable bonds is 4. The molecule has 1 aliphatic rings. The predicted molar refractivity (Wildman–Crippen MR) is 89.9 cm³/mol. The van der Waals surface area contributed by atoms with Gasteiger partial charge in [-0.1, -0.05) is 6.92 Å². The summed E-state index contributed by atoms with van der Waals surface area (Å²) in [5.41, 5.74) is 1.60. The van der Waals surface area contributed by atoms with E-state index in [4.69, 9.17) is 4.74 Å². The molecule has 6 nitrogen and oxygen atoms in total. The van der Waals surface area contributed by atoms with E-state index < -0.39 is 0 Å². The highest BCUT2D eigenvalue weighted by Crippen LogP contribution is 2.18. The molecule has 126 valence electrons. The maximum absolute atomic E-state index is 12.1. The molecule has 0 aromatic heterocycles. The number of benzene rings is 1. The van der Waals surface area contributed by atoms with Crippen molar-refractivity contribution in [1.29, 1.82) is 0 Å². The summed E-state index contributed by atoms with van der Waals surface area (Å²) >= 11 is 0. The summed E-state index contributed by atoms with van der Waals surface area (Å²) in [6.45, 7) is 7.02. The van der Waals surface area contributed by atoms with E-state index in [1.165, 1.54) is 7.11 Å². The van der Waals surface area contributed by atoms with E-state index in [2.05, 4.69) is 17.1 Å². The first kappa shape index (κ1) is 17.1. The van der Waals surface area contributed by atoms with Crippen LogP contribution < -0.4 is 10.2 Å². The van der Waals surface area contributed by atoms with Crippen LogP contribution in [0.4, 0.5) is 10.5 Å². The molecule has 1 heterocycles. The minimum atomic E-state index is -0.330. The Morgan fingerprint density at radius 1 is 1.17 bits per heavy atom. The maximum atomic E-state index is 12.1. The average molecular weight is 319 g/mol. The highest BCUT2D eigenvalue weighted by Gasteiger charge is 2.22. The first-order chi connectivity index (χ1) is 11.0. The number of carbonyl (C=O) groups excluding carboxylic acids is 2. The van der Waals surface area contributed by atoms with Gasteiger partial charge in [-0.05, 0) is 37.6 Å². The number of hydrogen-bond acceptors (Lipinski definition) is 4. The van der Waals surface area contributed by atoms with Gasteiger partial charge in [0.15, 0.2) is 0 Å². The molecule has 1 saturated heterocycles. The van der Waals surface area contributed by atoms with Gasteiger partial charge in [0.1, 0.15) is 0 Å². The Bertz CT molecular complexity index is 537. The van der Waals surface area contributed by atoms with Crippen molar-refractivity contribution in [3.63, 3.8) is 0 Å². The zero-order valence-electron chi connectivity index (χ0n) is 14.0. The zero-order chi connectivity index (χ0) is 16.8. The molecule has 1 aromatic rings. The van der Waals surface area contributed by atoms with Crippen molar-refractivity contribution in [1.82, 2.24) is 10.2 Å². The Labute approximate surface area is 137 Å². The van der Waals surface area contributed by atoms with Crippen molar-refractivity contribution >= 4 is 17.7 Å². The first-order valence-corrected chi connectivity index (χ1v) is 8.04. The number of amides is 2. The standard InChI is InChI=1S/C17H25N3O3/c1-4-13(2)18-17(22)20-11-9-19(10-12-20)15-7-5-14(6-8-15)16(21)23-3/h5-8,13H,4,9-12H2,1-3H3,(H,18,22). The van der Waals surface area contributed by atoms with Crippen LogP contribution in [-0.2, 0) is 4.74 Å². The number of anilines is 1. The molecule has 0 radical (unpaired) electrons. The number of nitrogens with zero attached hydrogens (tertiary/aromatic N) is 2. The van der Waals surface area contributed by atoms with Crippen LogP contribution in [-0.4, -0.2) is 56.2 Å². The van der Waals surface area contributed by atoms with Crippen LogP contribution in [0.25, 0.3) is 0 Å². The molecule has 1 aliphatic heterocycles. The number of hydrogen-bond donors (Lipinski definition) is 1. The zero-order valence-corrected chi connectivity index (χ0v) is 14.0. The van der Waals surface area contributed by atoms with Crippen LogP contribution in [0, 0.1) is 0 Å². The van der Waals surface area contributed by atoms with Crippen LogP contribution in [0.5, 0.6) is 0 Å². The number of piperazine rings is 1. The molecule has 1 atom stereocenters. The summed E-state index contributed by atoms with van der Waals surface area (Å²) in [5, 5.41) is 3.00. The predicted octanol–water partition coefficient (Wildman–Crippen LogP) is 2.10. The van der Waals surface area contributed by atoms with E-state index in [1.807, 2.05) is 24.0 Å². The number of urea groups is 1.